The Labute approximate surface area is 157 Å². The Balaban J connectivity index is 1.79. The van der Waals surface area contributed by atoms with Gasteiger partial charge in [0, 0.05) is 6.42 Å². The van der Waals surface area contributed by atoms with Gasteiger partial charge in [0.25, 0.3) is 0 Å². The molecule has 0 aromatic heterocycles. The largest absolute Gasteiger partial charge is 0.329 e. The van der Waals surface area contributed by atoms with Gasteiger partial charge < -0.3 is 4.90 Å². The minimum absolute atomic E-state index is 0.120. The highest BCUT2D eigenvalue weighted by atomic mass is 32.2. The lowest BCUT2D eigenvalue weighted by molar-refractivity contribution is -0.925. The van der Waals surface area contributed by atoms with Crippen molar-refractivity contribution in [2.75, 3.05) is 37.7 Å². The van der Waals surface area contributed by atoms with Crippen molar-refractivity contribution in [3.8, 4) is 0 Å². The number of rotatable bonds is 3. The van der Waals surface area contributed by atoms with Crippen molar-refractivity contribution in [2.45, 2.75) is 45.1 Å². The molecular weight excluding hydrogens is 372 g/mol. The van der Waals surface area contributed by atoms with Crippen molar-refractivity contribution < 1.29 is 21.7 Å². The van der Waals surface area contributed by atoms with Crippen LogP contribution in [0.15, 0.2) is 11.0 Å². The predicted molar refractivity (Wildman–Crippen MR) is 102 cm³/mol. The molecule has 1 aromatic rings. The van der Waals surface area contributed by atoms with E-state index < -0.39 is 19.9 Å². The molecule has 2 aliphatic heterocycles. The molecule has 8 heteroatoms. The number of benzene rings is 1. The molecule has 1 atom stereocenters. The van der Waals surface area contributed by atoms with Crippen LogP contribution in [0.3, 0.4) is 0 Å². The molecule has 146 valence electrons. The van der Waals surface area contributed by atoms with Crippen molar-refractivity contribution >= 4 is 19.9 Å². The van der Waals surface area contributed by atoms with Crippen LogP contribution in [0.4, 0.5) is 0 Å². The van der Waals surface area contributed by atoms with Crippen LogP contribution < -0.4 is 4.90 Å². The number of hydrogen-bond donors (Lipinski definition) is 1. The van der Waals surface area contributed by atoms with Gasteiger partial charge in [0.1, 0.15) is 11.8 Å². The summed E-state index contributed by atoms with van der Waals surface area (Å²) >= 11 is 0. The second-order valence-electron chi connectivity index (χ2n) is 7.75. The molecule has 1 aromatic carbocycles. The Kier molecular flexibility index (Phi) is 5.24. The fraction of sp³-hybridized carbons (Fsp3) is 0.667. The maximum atomic E-state index is 13.3. The standard InChI is InChI=1S/C18H28N2O4S2/c1-13-11-14(2)16(4)18(15(13)3)26(23,24)20-8-6-19(7-9-20)17-5-10-25(21,22)12-17/h11,17H,5-10,12H2,1-4H3/p+1/t17-/m0/s1. The summed E-state index contributed by atoms with van der Waals surface area (Å²) in [7, 11) is -6.44. The quantitative estimate of drug-likeness (QED) is 0.773. The van der Waals surface area contributed by atoms with Gasteiger partial charge in [-0.1, -0.05) is 6.07 Å². The van der Waals surface area contributed by atoms with E-state index in [1.807, 2.05) is 33.8 Å². The van der Waals surface area contributed by atoms with Gasteiger partial charge in [0.2, 0.25) is 10.0 Å². The molecule has 0 saturated carbocycles. The smallest absolute Gasteiger partial charge is 0.244 e. The first kappa shape index (κ1) is 19.8. The van der Waals surface area contributed by atoms with E-state index in [0.29, 0.717) is 37.5 Å². The number of piperazine rings is 1. The summed E-state index contributed by atoms with van der Waals surface area (Å²) in [6, 6.07) is 2.15. The summed E-state index contributed by atoms with van der Waals surface area (Å²) in [5.41, 5.74) is 3.63. The lowest BCUT2D eigenvalue weighted by atomic mass is 10.0. The van der Waals surface area contributed by atoms with E-state index in [9.17, 15) is 16.8 Å². The third kappa shape index (κ3) is 3.56. The maximum Gasteiger partial charge on any atom is 0.244 e. The van der Waals surface area contributed by atoms with Crippen LogP contribution in [-0.2, 0) is 19.9 Å². The van der Waals surface area contributed by atoms with Gasteiger partial charge in [-0.3, -0.25) is 0 Å². The first-order valence-corrected chi connectivity index (χ1v) is 12.4. The minimum atomic E-state index is -3.54. The fourth-order valence-corrected chi connectivity index (χ4v) is 8.08. The van der Waals surface area contributed by atoms with Crippen molar-refractivity contribution in [3.05, 3.63) is 28.3 Å². The Morgan fingerprint density at radius 3 is 2.04 bits per heavy atom. The van der Waals surface area contributed by atoms with Gasteiger partial charge in [-0.05, 0) is 49.9 Å². The van der Waals surface area contributed by atoms with Crippen LogP contribution in [0.25, 0.3) is 0 Å². The van der Waals surface area contributed by atoms with Crippen LogP contribution in [0.2, 0.25) is 0 Å². The van der Waals surface area contributed by atoms with Crippen molar-refractivity contribution in [2.24, 2.45) is 0 Å². The van der Waals surface area contributed by atoms with Gasteiger partial charge in [-0.2, -0.15) is 4.31 Å². The molecule has 6 nitrogen and oxygen atoms in total. The molecule has 2 aliphatic rings. The highest BCUT2D eigenvalue weighted by Gasteiger charge is 2.39. The van der Waals surface area contributed by atoms with E-state index >= 15 is 0 Å². The third-order valence-electron chi connectivity index (χ3n) is 6.07. The molecule has 2 heterocycles. The van der Waals surface area contributed by atoms with Crippen LogP contribution in [0, 0.1) is 27.7 Å². The molecule has 3 rings (SSSR count). The van der Waals surface area contributed by atoms with E-state index in [0.717, 1.165) is 22.3 Å². The van der Waals surface area contributed by atoms with Crippen LogP contribution in [-0.4, -0.2) is 64.9 Å². The second-order valence-corrected chi connectivity index (χ2v) is 11.9. The highest BCUT2D eigenvalue weighted by molar-refractivity contribution is 7.91. The average Bonchev–Trinajstić information content (AvgIpc) is 2.93. The van der Waals surface area contributed by atoms with E-state index in [-0.39, 0.29) is 17.5 Å². The molecule has 2 fully saturated rings. The lowest BCUT2D eigenvalue weighted by Gasteiger charge is -2.35. The summed E-state index contributed by atoms with van der Waals surface area (Å²) < 4.78 is 51.6. The molecule has 0 radical (unpaired) electrons. The minimum Gasteiger partial charge on any atom is -0.329 e. The number of aryl methyl sites for hydroxylation is 2. The number of sulfone groups is 1. The summed E-state index contributed by atoms with van der Waals surface area (Å²) in [6.07, 6.45) is 0.694. The summed E-state index contributed by atoms with van der Waals surface area (Å²) in [4.78, 5) is 1.67. The summed E-state index contributed by atoms with van der Waals surface area (Å²) in [5.74, 6) is 0.508. The van der Waals surface area contributed by atoms with Crippen molar-refractivity contribution in [1.82, 2.24) is 4.31 Å². The number of hydrogen-bond acceptors (Lipinski definition) is 4. The zero-order valence-corrected chi connectivity index (χ0v) is 17.6. The van der Waals surface area contributed by atoms with Crippen LogP contribution in [0.1, 0.15) is 28.7 Å². The van der Waals surface area contributed by atoms with Crippen molar-refractivity contribution in [1.29, 1.82) is 0 Å². The van der Waals surface area contributed by atoms with Crippen LogP contribution >= 0.6 is 0 Å². The molecule has 0 bridgehead atoms. The van der Waals surface area contributed by atoms with Gasteiger partial charge in [0.15, 0.2) is 9.84 Å². The van der Waals surface area contributed by atoms with E-state index in [1.54, 1.807) is 4.31 Å². The van der Waals surface area contributed by atoms with E-state index in [2.05, 4.69) is 0 Å². The normalized spacial score (nSPS) is 24.8. The molecule has 26 heavy (non-hydrogen) atoms. The zero-order valence-electron chi connectivity index (χ0n) is 16.0. The molecule has 0 spiro atoms. The maximum absolute atomic E-state index is 13.3. The first-order valence-electron chi connectivity index (χ1n) is 9.15. The average molecular weight is 402 g/mol. The van der Waals surface area contributed by atoms with Gasteiger partial charge >= 0.3 is 0 Å². The van der Waals surface area contributed by atoms with Gasteiger partial charge in [-0.15, -0.1) is 0 Å². The number of nitrogens with one attached hydrogen (secondary N) is 1. The molecule has 0 amide bonds. The second kappa shape index (κ2) is 6.89. The number of quaternary nitrogens is 1. The monoisotopic (exact) mass is 401 g/mol. The Morgan fingerprint density at radius 1 is 1.04 bits per heavy atom. The Hall–Kier alpha value is -0.960. The number of sulfonamides is 1. The predicted octanol–water partition coefficient (Wildman–Crippen LogP) is -0.00342. The summed E-state index contributed by atoms with van der Waals surface area (Å²) in [5, 5.41) is 0. The Morgan fingerprint density at radius 2 is 1.58 bits per heavy atom. The van der Waals surface area contributed by atoms with E-state index in [4.69, 9.17) is 0 Å². The first-order chi connectivity index (χ1) is 12.0. The molecule has 0 aliphatic carbocycles. The fourth-order valence-electron chi connectivity index (χ4n) is 4.24. The van der Waals surface area contributed by atoms with Gasteiger partial charge in [0.05, 0.1) is 36.8 Å². The molecule has 1 N–H and O–H groups in total. The molecule has 2 saturated heterocycles. The van der Waals surface area contributed by atoms with Crippen LogP contribution in [0.5, 0.6) is 0 Å². The topological polar surface area (TPSA) is 76.0 Å². The zero-order chi connectivity index (χ0) is 19.3. The molecular formula is C18H29N2O4S2+. The number of nitrogens with zero attached hydrogens (tertiary/aromatic N) is 1. The SMILES string of the molecule is Cc1cc(C)c(C)c(S(=O)(=O)N2CC[NH+]([C@H]3CCS(=O)(=O)C3)CC2)c1C. The highest BCUT2D eigenvalue weighted by Crippen LogP contribution is 2.28. The van der Waals surface area contributed by atoms with E-state index in [1.165, 1.54) is 4.90 Å². The molecule has 0 unspecified atom stereocenters. The Bertz CT molecular complexity index is 889. The summed E-state index contributed by atoms with van der Waals surface area (Å²) in [6.45, 7) is 9.87. The lowest BCUT2D eigenvalue weighted by Crippen LogP contribution is -3.18. The third-order valence-corrected chi connectivity index (χ3v) is 10.0. The van der Waals surface area contributed by atoms with Gasteiger partial charge in [-0.25, -0.2) is 16.8 Å². The van der Waals surface area contributed by atoms with Crippen molar-refractivity contribution in [3.63, 3.8) is 0 Å².